The summed E-state index contributed by atoms with van der Waals surface area (Å²) >= 11 is 0. The number of hydrogen-bond acceptors (Lipinski definition) is 2. The van der Waals surface area contributed by atoms with Gasteiger partial charge in [0.05, 0.1) is 0 Å². The monoisotopic (exact) mass is 274 g/mol. The van der Waals surface area contributed by atoms with E-state index >= 15 is 0 Å². The van der Waals surface area contributed by atoms with Crippen LogP contribution in [0.1, 0.15) is 45.6 Å². The summed E-state index contributed by atoms with van der Waals surface area (Å²) in [4.78, 5) is 2.58. The van der Waals surface area contributed by atoms with E-state index in [4.69, 9.17) is 0 Å². The van der Waals surface area contributed by atoms with Gasteiger partial charge in [-0.05, 0) is 42.9 Å². The molecule has 0 aromatic heterocycles. The maximum Gasteiger partial charge on any atom is 0.0411 e. The van der Waals surface area contributed by atoms with Gasteiger partial charge in [-0.15, -0.1) is 0 Å². The van der Waals surface area contributed by atoms with Gasteiger partial charge < -0.3 is 10.2 Å². The van der Waals surface area contributed by atoms with Crippen molar-refractivity contribution in [3.8, 4) is 0 Å². The van der Waals surface area contributed by atoms with Crippen LogP contribution in [0.5, 0.6) is 0 Å². The van der Waals surface area contributed by atoms with E-state index in [-0.39, 0.29) is 0 Å². The first kappa shape index (κ1) is 15.4. The zero-order valence-electron chi connectivity index (χ0n) is 13.4. The molecule has 1 aliphatic rings. The van der Waals surface area contributed by atoms with E-state index in [2.05, 4.69) is 55.3 Å². The van der Waals surface area contributed by atoms with E-state index < -0.39 is 0 Å². The Kier molecular flexibility index (Phi) is 5.90. The van der Waals surface area contributed by atoms with Crippen LogP contribution in [0.2, 0.25) is 0 Å². The number of hydrogen-bond donors (Lipinski definition) is 1. The average molecular weight is 274 g/mol. The lowest BCUT2D eigenvalue weighted by Gasteiger charge is -2.34. The van der Waals surface area contributed by atoms with E-state index in [1.807, 2.05) is 0 Å². The van der Waals surface area contributed by atoms with Gasteiger partial charge in [0.25, 0.3) is 0 Å². The van der Waals surface area contributed by atoms with Crippen molar-refractivity contribution in [2.75, 3.05) is 24.5 Å². The molecule has 0 saturated carbocycles. The van der Waals surface area contributed by atoms with Gasteiger partial charge in [0.1, 0.15) is 0 Å². The molecule has 20 heavy (non-hydrogen) atoms. The first-order valence-electron chi connectivity index (χ1n) is 8.24. The van der Waals surface area contributed by atoms with Gasteiger partial charge in [-0.25, -0.2) is 0 Å². The smallest absolute Gasteiger partial charge is 0.0411 e. The van der Waals surface area contributed by atoms with Crippen molar-refractivity contribution in [1.82, 2.24) is 5.32 Å². The molecule has 1 aromatic rings. The zero-order chi connectivity index (χ0) is 14.4. The molecular formula is C18H30N2. The van der Waals surface area contributed by atoms with Crippen molar-refractivity contribution < 1.29 is 0 Å². The largest absolute Gasteiger partial charge is 0.371 e. The van der Waals surface area contributed by atoms with E-state index in [0.29, 0.717) is 5.92 Å². The molecule has 0 radical (unpaired) electrons. The van der Waals surface area contributed by atoms with Crippen molar-refractivity contribution in [2.45, 2.75) is 46.6 Å². The number of para-hydroxylation sites is 1. The second kappa shape index (κ2) is 7.68. The van der Waals surface area contributed by atoms with Gasteiger partial charge in [0, 0.05) is 25.3 Å². The predicted octanol–water partition coefficient (Wildman–Crippen LogP) is 4.06. The van der Waals surface area contributed by atoms with Gasteiger partial charge in [0.15, 0.2) is 0 Å². The molecule has 0 amide bonds. The molecule has 1 aromatic carbocycles. The SMILES string of the molecule is CCC1CCN(c2ccccc2CNCC(C)C)CC1. The molecule has 2 heteroatoms. The molecule has 0 unspecified atom stereocenters. The van der Waals surface area contributed by atoms with Crippen LogP contribution in [-0.4, -0.2) is 19.6 Å². The molecule has 0 spiro atoms. The third kappa shape index (κ3) is 4.24. The maximum absolute atomic E-state index is 3.57. The van der Waals surface area contributed by atoms with Crippen LogP contribution in [0.25, 0.3) is 0 Å². The second-order valence-electron chi connectivity index (χ2n) is 6.49. The number of anilines is 1. The van der Waals surface area contributed by atoms with E-state index in [9.17, 15) is 0 Å². The van der Waals surface area contributed by atoms with Gasteiger partial charge in [0.2, 0.25) is 0 Å². The minimum absolute atomic E-state index is 0.711. The molecule has 0 aliphatic carbocycles. The third-order valence-electron chi connectivity index (χ3n) is 4.39. The van der Waals surface area contributed by atoms with Crippen LogP contribution in [0, 0.1) is 11.8 Å². The number of piperidine rings is 1. The van der Waals surface area contributed by atoms with Crippen molar-refractivity contribution >= 4 is 5.69 Å². The molecule has 1 fully saturated rings. The summed E-state index contributed by atoms with van der Waals surface area (Å²) in [6, 6.07) is 8.90. The summed E-state index contributed by atoms with van der Waals surface area (Å²) < 4.78 is 0. The first-order chi connectivity index (χ1) is 9.70. The molecule has 1 N–H and O–H groups in total. The van der Waals surface area contributed by atoms with Crippen LogP contribution in [0.15, 0.2) is 24.3 Å². The van der Waals surface area contributed by atoms with Gasteiger partial charge in [-0.2, -0.15) is 0 Å². The quantitative estimate of drug-likeness (QED) is 0.841. The van der Waals surface area contributed by atoms with Crippen LogP contribution >= 0.6 is 0 Å². The Morgan fingerprint density at radius 3 is 2.55 bits per heavy atom. The molecule has 112 valence electrons. The summed E-state index contributed by atoms with van der Waals surface area (Å²) in [5, 5.41) is 3.57. The Morgan fingerprint density at radius 1 is 1.20 bits per heavy atom. The van der Waals surface area contributed by atoms with Crippen molar-refractivity contribution in [3.05, 3.63) is 29.8 Å². The van der Waals surface area contributed by atoms with Crippen molar-refractivity contribution in [1.29, 1.82) is 0 Å². The Bertz CT molecular complexity index is 392. The lowest BCUT2D eigenvalue weighted by atomic mass is 9.94. The van der Waals surface area contributed by atoms with Crippen LogP contribution in [0.4, 0.5) is 5.69 Å². The molecule has 1 saturated heterocycles. The molecule has 1 heterocycles. The summed E-state index contributed by atoms with van der Waals surface area (Å²) in [7, 11) is 0. The number of rotatable bonds is 6. The molecular weight excluding hydrogens is 244 g/mol. The number of benzene rings is 1. The number of nitrogens with zero attached hydrogens (tertiary/aromatic N) is 1. The lowest BCUT2D eigenvalue weighted by Crippen LogP contribution is -2.34. The maximum atomic E-state index is 3.57. The van der Waals surface area contributed by atoms with Gasteiger partial charge in [-0.3, -0.25) is 0 Å². The fraction of sp³-hybridized carbons (Fsp3) is 0.667. The Morgan fingerprint density at radius 2 is 1.90 bits per heavy atom. The zero-order valence-corrected chi connectivity index (χ0v) is 13.4. The standard InChI is InChI=1S/C18H30N2/c1-4-16-9-11-20(12-10-16)18-8-6-5-7-17(18)14-19-13-15(2)3/h5-8,15-16,19H,4,9-14H2,1-3H3. The summed E-state index contributed by atoms with van der Waals surface area (Å²) in [6.45, 7) is 11.4. The minimum Gasteiger partial charge on any atom is -0.371 e. The Hall–Kier alpha value is -1.02. The Balaban J connectivity index is 1.97. The highest BCUT2D eigenvalue weighted by molar-refractivity contribution is 5.53. The van der Waals surface area contributed by atoms with E-state index in [1.165, 1.54) is 43.6 Å². The highest BCUT2D eigenvalue weighted by Crippen LogP contribution is 2.27. The highest BCUT2D eigenvalue weighted by atomic mass is 15.1. The molecule has 1 aliphatic heterocycles. The Labute approximate surface area is 124 Å². The predicted molar refractivity (Wildman–Crippen MR) is 88.2 cm³/mol. The summed E-state index contributed by atoms with van der Waals surface area (Å²) in [6.07, 6.45) is 4.04. The summed E-state index contributed by atoms with van der Waals surface area (Å²) in [5.41, 5.74) is 2.89. The average Bonchev–Trinajstić information content (AvgIpc) is 2.47. The number of nitrogens with one attached hydrogen (secondary N) is 1. The molecule has 0 atom stereocenters. The van der Waals surface area contributed by atoms with Crippen LogP contribution in [-0.2, 0) is 6.54 Å². The van der Waals surface area contributed by atoms with Crippen molar-refractivity contribution in [2.24, 2.45) is 11.8 Å². The normalized spacial score (nSPS) is 16.9. The fourth-order valence-electron chi connectivity index (χ4n) is 3.05. The molecule has 2 nitrogen and oxygen atoms in total. The minimum atomic E-state index is 0.711. The van der Waals surface area contributed by atoms with E-state index in [1.54, 1.807) is 0 Å². The van der Waals surface area contributed by atoms with Crippen LogP contribution in [0.3, 0.4) is 0 Å². The topological polar surface area (TPSA) is 15.3 Å². The van der Waals surface area contributed by atoms with E-state index in [0.717, 1.165) is 19.0 Å². The third-order valence-corrected chi connectivity index (χ3v) is 4.39. The van der Waals surface area contributed by atoms with Gasteiger partial charge in [-0.1, -0.05) is 45.4 Å². The van der Waals surface area contributed by atoms with Gasteiger partial charge >= 0.3 is 0 Å². The van der Waals surface area contributed by atoms with Crippen molar-refractivity contribution in [3.63, 3.8) is 0 Å². The molecule has 2 rings (SSSR count). The fourth-order valence-corrected chi connectivity index (χ4v) is 3.05. The lowest BCUT2D eigenvalue weighted by molar-refractivity contribution is 0.394. The van der Waals surface area contributed by atoms with Crippen LogP contribution < -0.4 is 10.2 Å². The molecule has 0 bridgehead atoms. The first-order valence-corrected chi connectivity index (χ1v) is 8.24. The second-order valence-corrected chi connectivity index (χ2v) is 6.49. The highest BCUT2D eigenvalue weighted by Gasteiger charge is 2.19. The summed E-state index contributed by atoms with van der Waals surface area (Å²) in [5.74, 6) is 1.65.